The summed E-state index contributed by atoms with van der Waals surface area (Å²) in [6.45, 7) is 16.3. The molecule has 0 saturated carbocycles. The zero-order valence-electron chi connectivity index (χ0n) is 16.2. The zero-order chi connectivity index (χ0) is 18.5. The Hall–Kier alpha value is -1.27. The summed E-state index contributed by atoms with van der Waals surface area (Å²) >= 11 is 0. The number of hydrogen-bond donors (Lipinski definition) is 1. The summed E-state index contributed by atoms with van der Waals surface area (Å²) in [4.78, 5) is 0. The molecule has 2 atom stereocenters. The van der Waals surface area contributed by atoms with Crippen LogP contribution in [0.15, 0.2) is 34.6 Å². The van der Waals surface area contributed by atoms with Crippen molar-refractivity contribution in [3.05, 3.63) is 29.8 Å². The van der Waals surface area contributed by atoms with Crippen LogP contribution < -0.4 is 4.72 Å². The molecule has 0 aromatic heterocycles. The summed E-state index contributed by atoms with van der Waals surface area (Å²) in [5, 5.41) is 10.8. The molecule has 0 heterocycles. The van der Waals surface area contributed by atoms with E-state index in [1.807, 2.05) is 57.0 Å². The minimum absolute atomic E-state index is 0.0771. The Labute approximate surface area is 149 Å². The van der Waals surface area contributed by atoms with Gasteiger partial charge in [-0.15, -0.1) is 5.11 Å². The van der Waals surface area contributed by atoms with Gasteiger partial charge in [0.25, 0.3) is 0 Å². The zero-order valence-corrected chi connectivity index (χ0v) is 17.0. The molecule has 1 aromatic rings. The van der Waals surface area contributed by atoms with Crippen LogP contribution >= 0.6 is 0 Å². The standard InChI is InChI=1S/C18H32N4OS/c1-13(2)22(14(3)4)21-19-17-12-10-9-11-16(17)15(5)20-24(23)18(6,7)8/h9-15,20H,1-8H3. The lowest BCUT2D eigenvalue weighted by atomic mass is 10.1. The van der Waals surface area contributed by atoms with Gasteiger partial charge in [-0.2, -0.15) is 0 Å². The SMILES string of the molecule is CC(NS(=O)C(C)(C)C)c1ccccc1N=NN(C(C)C)C(C)C. The molecular formula is C18H32N4OS. The molecule has 6 heteroatoms. The summed E-state index contributed by atoms with van der Waals surface area (Å²) < 4.78 is 15.2. The molecule has 0 aliphatic carbocycles. The molecule has 0 radical (unpaired) electrons. The number of nitrogens with one attached hydrogen (secondary N) is 1. The Morgan fingerprint density at radius 3 is 2.08 bits per heavy atom. The molecule has 0 aliphatic rings. The molecule has 1 aromatic carbocycles. The van der Waals surface area contributed by atoms with E-state index >= 15 is 0 Å². The maximum absolute atomic E-state index is 12.3. The summed E-state index contributed by atoms with van der Waals surface area (Å²) in [6, 6.07) is 8.34. The highest BCUT2D eigenvalue weighted by molar-refractivity contribution is 7.84. The fraction of sp³-hybridized carbons (Fsp3) is 0.667. The topological polar surface area (TPSA) is 57.1 Å². The van der Waals surface area contributed by atoms with E-state index in [1.54, 1.807) is 0 Å². The van der Waals surface area contributed by atoms with Gasteiger partial charge in [0, 0.05) is 18.1 Å². The van der Waals surface area contributed by atoms with E-state index in [0.717, 1.165) is 11.3 Å². The number of rotatable bonds is 7. The first-order valence-electron chi connectivity index (χ1n) is 8.51. The van der Waals surface area contributed by atoms with Gasteiger partial charge in [-0.05, 0) is 67.0 Å². The van der Waals surface area contributed by atoms with Gasteiger partial charge in [-0.25, -0.2) is 8.93 Å². The second-order valence-corrected chi connectivity index (χ2v) is 9.53. The first-order chi connectivity index (χ1) is 11.0. The summed E-state index contributed by atoms with van der Waals surface area (Å²) in [5.74, 6) is 0. The fourth-order valence-electron chi connectivity index (χ4n) is 2.25. The monoisotopic (exact) mass is 352 g/mol. The van der Waals surface area contributed by atoms with Crippen LogP contribution in [0.1, 0.15) is 67.0 Å². The fourth-order valence-corrected chi connectivity index (χ4v) is 3.05. The average Bonchev–Trinajstić information content (AvgIpc) is 2.46. The predicted molar refractivity (Wildman–Crippen MR) is 103 cm³/mol. The summed E-state index contributed by atoms with van der Waals surface area (Å²) in [5.41, 5.74) is 1.79. The molecule has 0 spiro atoms. The molecule has 5 nitrogen and oxygen atoms in total. The normalized spacial score (nSPS) is 15.2. The Bertz CT molecular complexity index is 571. The van der Waals surface area contributed by atoms with Gasteiger partial charge in [0.15, 0.2) is 0 Å². The first-order valence-corrected chi connectivity index (χ1v) is 9.66. The van der Waals surface area contributed by atoms with Crippen molar-refractivity contribution in [1.29, 1.82) is 0 Å². The maximum atomic E-state index is 12.3. The van der Waals surface area contributed by atoms with Gasteiger partial charge in [-0.1, -0.05) is 23.4 Å². The van der Waals surface area contributed by atoms with E-state index in [2.05, 4.69) is 42.8 Å². The molecule has 0 amide bonds. The molecule has 2 unspecified atom stereocenters. The van der Waals surface area contributed by atoms with Crippen LogP contribution in [-0.4, -0.2) is 26.0 Å². The molecule has 24 heavy (non-hydrogen) atoms. The smallest absolute Gasteiger partial charge is 0.0975 e. The largest absolute Gasteiger partial charge is 0.273 e. The maximum Gasteiger partial charge on any atom is 0.0975 e. The van der Waals surface area contributed by atoms with Crippen LogP contribution in [0.3, 0.4) is 0 Å². The number of nitrogens with zero attached hydrogens (tertiary/aromatic N) is 3. The van der Waals surface area contributed by atoms with Crippen molar-refractivity contribution < 1.29 is 4.21 Å². The van der Waals surface area contributed by atoms with Crippen molar-refractivity contribution >= 4 is 16.7 Å². The van der Waals surface area contributed by atoms with Gasteiger partial charge >= 0.3 is 0 Å². The van der Waals surface area contributed by atoms with Crippen molar-refractivity contribution in [2.45, 2.75) is 78.3 Å². The van der Waals surface area contributed by atoms with Crippen LogP contribution in [0.25, 0.3) is 0 Å². The van der Waals surface area contributed by atoms with E-state index in [9.17, 15) is 4.21 Å². The average molecular weight is 353 g/mol. The lowest BCUT2D eigenvalue weighted by molar-refractivity contribution is 0.169. The van der Waals surface area contributed by atoms with Crippen LogP contribution in [0, 0.1) is 0 Å². The minimum Gasteiger partial charge on any atom is -0.273 e. The highest BCUT2D eigenvalue weighted by Gasteiger charge is 2.22. The lowest BCUT2D eigenvalue weighted by Gasteiger charge is -2.26. The molecule has 136 valence electrons. The predicted octanol–water partition coefficient (Wildman–Crippen LogP) is 4.92. The molecule has 0 bridgehead atoms. The van der Waals surface area contributed by atoms with E-state index in [4.69, 9.17) is 0 Å². The van der Waals surface area contributed by atoms with E-state index in [1.165, 1.54) is 0 Å². The molecular weight excluding hydrogens is 320 g/mol. The van der Waals surface area contributed by atoms with Gasteiger partial charge in [0.2, 0.25) is 0 Å². The van der Waals surface area contributed by atoms with Crippen molar-refractivity contribution in [2.75, 3.05) is 0 Å². The van der Waals surface area contributed by atoms with Crippen LogP contribution in [0.2, 0.25) is 0 Å². The van der Waals surface area contributed by atoms with Crippen molar-refractivity contribution in [3.63, 3.8) is 0 Å². The molecule has 0 fully saturated rings. The Morgan fingerprint density at radius 2 is 1.58 bits per heavy atom. The van der Waals surface area contributed by atoms with Crippen LogP contribution in [0.5, 0.6) is 0 Å². The summed E-state index contributed by atoms with van der Waals surface area (Å²) in [6.07, 6.45) is 0. The van der Waals surface area contributed by atoms with Gasteiger partial charge in [0.1, 0.15) is 0 Å². The Balaban J connectivity index is 3.01. The highest BCUT2D eigenvalue weighted by atomic mass is 32.2. The second-order valence-electron chi connectivity index (χ2n) is 7.54. The number of benzene rings is 1. The van der Waals surface area contributed by atoms with Crippen LogP contribution in [0.4, 0.5) is 5.69 Å². The first kappa shape index (κ1) is 20.8. The van der Waals surface area contributed by atoms with Gasteiger partial charge in [0.05, 0.1) is 21.4 Å². The quantitative estimate of drug-likeness (QED) is 0.559. The van der Waals surface area contributed by atoms with E-state index in [-0.39, 0.29) is 22.9 Å². The third-order valence-electron chi connectivity index (χ3n) is 3.56. The highest BCUT2D eigenvalue weighted by Crippen LogP contribution is 2.27. The molecule has 1 rings (SSSR count). The summed E-state index contributed by atoms with van der Waals surface area (Å²) in [7, 11) is -1.14. The van der Waals surface area contributed by atoms with Crippen molar-refractivity contribution in [1.82, 2.24) is 9.73 Å². The van der Waals surface area contributed by atoms with Crippen molar-refractivity contribution in [2.24, 2.45) is 10.3 Å². The van der Waals surface area contributed by atoms with Crippen LogP contribution in [-0.2, 0) is 11.0 Å². The van der Waals surface area contributed by atoms with E-state index < -0.39 is 11.0 Å². The molecule has 0 aliphatic heterocycles. The minimum atomic E-state index is -1.14. The third-order valence-corrected chi connectivity index (χ3v) is 5.24. The molecule has 1 N–H and O–H groups in total. The number of hydrogen-bond acceptors (Lipinski definition) is 3. The Kier molecular flexibility index (Phi) is 7.55. The third kappa shape index (κ3) is 5.98. The van der Waals surface area contributed by atoms with Gasteiger partial charge in [-0.3, -0.25) is 5.01 Å². The van der Waals surface area contributed by atoms with E-state index in [0.29, 0.717) is 0 Å². The lowest BCUT2D eigenvalue weighted by Crippen LogP contribution is -2.34. The molecule has 0 saturated heterocycles. The second kappa shape index (κ2) is 8.72. The van der Waals surface area contributed by atoms with Crippen molar-refractivity contribution in [3.8, 4) is 0 Å². The Morgan fingerprint density at radius 1 is 1.04 bits per heavy atom. The van der Waals surface area contributed by atoms with Gasteiger partial charge < -0.3 is 0 Å².